The van der Waals surface area contributed by atoms with Gasteiger partial charge in [-0.1, -0.05) is 0 Å². The van der Waals surface area contributed by atoms with E-state index >= 15 is 0 Å². The van der Waals surface area contributed by atoms with Crippen LogP contribution in [0.15, 0.2) is 0 Å². The molecule has 0 radical (unpaired) electrons. The summed E-state index contributed by atoms with van der Waals surface area (Å²) in [5.41, 5.74) is 0. The smallest absolute Gasteiger partial charge is 2.00 e. The van der Waals surface area contributed by atoms with Gasteiger partial charge in [-0.15, -0.1) is 0 Å². The van der Waals surface area contributed by atoms with Crippen molar-refractivity contribution < 1.29 is 36.1 Å². The van der Waals surface area contributed by atoms with Crippen molar-refractivity contribution in [3.05, 3.63) is 0 Å². The zero-order valence-electron chi connectivity index (χ0n) is 2.39. The van der Waals surface area contributed by atoms with Crippen molar-refractivity contribution in [3.8, 4) is 0 Å². The summed E-state index contributed by atoms with van der Waals surface area (Å²) in [7, 11) is 1.72. The Hall–Kier alpha value is 1.39. The molecular formula is AlO2SiZr+7. The molecule has 0 bridgehead atoms. The van der Waals surface area contributed by atoms with E-state index in [0.717, 1.165) is 0 Å². The Morgan fingerprint density at radius 1 is 1.20 bits per heavy atom. The van der Waals surface area contributed by atoms with Gasteiger partial charge < -0.3 is 5.48 Å². The van der Waals surface area contributed by atoms with Crippen LogP contribution in [0.4, 0.5) is 0 Å². The molecule has 16 valence electrons. The number of rotatable bonds is 0. The van der Waals surface area contributed by atoms with Crippen LogP contribution >= 0.6 is 0 Å². The van der Waals surface area contributed by atoms with Crippen LogP contribution in [0.5, 0.6) is 0 Å². The Labute approximate surface area is 63.4 Å². The minimum absolute atomic E-state index is 0. The van der Waals surface area contributed by atoms with Crippen LogP contribution in [0.25, 0.3) is 0 Å². The van der Waals surface area contributed by atoms with Gasteiger partial charge in [-0.2, -0.15) is 0 Å². The van der Waals surface area contributed by atoms with Crippen LogP contribution in [-0.4, -0.2) is 27.5 Å². The van der Waals surface area contributed by atoms with Crippen molar-refractivity contribution in [2.24, 2.45) is 0 Å². The molecular weight excluding hydrogens is 178 g/mol. The summed E-state index contributed by atoms with van der Waals surface area (Å²) in [6, 6.07) is 0. The Morgan fingerprint density at radius 2 is 1.20 bits per heavy atom. The molecule has 0 aliphatic carbocycles. The van der Waals surface area contributed by atoms with Crippen LogP contribution in [0.3, 0.4) is 0 Å². The minimum Gasteiger partial charge on any atom is -2.00 e. The van der Waals surface area contributed by atoms with Crippen molar-refractivity contribution in [1.82, 2.24) is 0 Å². The maximum absolute atomic E-state index is 8.06. The van der Waals surface area contributed by atoms with Gasteiger partial charge in [0.1, 0.15) is 0 Å². The van der Waals surface area contributed by atoms with Crippen LogP contribution in [0.1, 0.15) is 0 Å². The van der Waals surface area contributed by atoms with E-state index in [1.54, 1.807) is 10.1 Å². The van der Waals surface area contributed by atoms with Gasteiger partial charge in [0.15, 0.2) is 0 Å². The van der Waals surface area contributed by atoms with Crippen molar-refractivity contribution in [2.75, 3.05) is 0 Å². The van der Waals surface area contributed by atoms with E-state index in [9.17, 15) is 0 Å². The Morgan fingerprint density at radius 3 is 1.20 bits per heavy atom. The third-order valence-corrected chi connectivity index (χ3v) is 0. The van der Waals surface area contributed by atoms with E-state index in [2.05, 4.69) is 0 Å². The summed E-state index contributed by atoms with van der Waals surface area (Å²) in [5.74, 6) is 0. The molecule has 0 saturated carbocycles. The minimum atomic E-state index is 0. The normalized spacial score (nSPS) is 1.20. The van der Waals surface area contributed by atoms with Crippen molar-refractivity contribution in [3.63, 3.8) is 0 Å². The van der Waals surface area contributed by atoms with Crippen LogP contribution in [0.2, 0.25) is 0 Å². The third-order valence-electron chi connectivity index (χ3n) is 0. The molecule has 0 amide bonds. The molecule has 0 saturated heterocycles. The van der Waals surface area contributed by atoms with Crippen molar-refractivity contribution in [1.29, 1.82) is 0 Å². The molecule has 0 aliphatic rings. The molecule has 0 N–H and O–H groups in total. The first-order chi connectivity index (χ1) is 1.00. The maximum Gasteiger partial charge on any atom is 4.00 e. The maximum atomic E-state index is 8.06. The molecule has 0 aromatic rings. The molecule has 2 nitrogen and oxygen atoms in total. The van der Waals surface area contributed by atoms with Crippen LogP contribution < -0.4 is 0 Å². The second-order valence-corrected chi connectivity index (χ2v) is 0. The molecule has 0 aliphatic heterocycles. The molecule has 5 heavy (non-hydrogen) atoms. The van der Waals surface area contributed by atoms with E-state index in [-0.39, 0.29) is 49.0 Å². The Balaban J connectivity index is -0.00000000167. The molecule has 0 rings (SSSR count). The zero-order chi connectivity index (χ0) is 2.00. The van der Waals surface area contributed by atoms with Gasteiger partial charge in [0.25, 0.3) is 0 Å². The third kappa shape index (κ3) is 32.0. The van der Waals surface area contributed by atoms with Gasteiger partial charge in [0, 0.05) is 0 Å². The summed E-state index contributed by atoms with van der Waals surface area (Å²) in [6.07, 6.45) is 0. The summed E-state index contributed by atoms with van der Waals surface area (Å²) >= 11 is 0. The molecule has 0 aromatic heterocycles. The van der Waals surface area contributed by atoms with E-state index in [4.69, 9.17) is 4.46 Å². The monoisotopic (exact) mass is 177 g/mol. The van der Waals surface area contributed by atoms with Gasteiger partial charge >= 0.3 is 58.2 Å². The fraction of sp³-hybridized carbons (Fsp3) is 0. The SMILES string of the molecule is O=[Si+2].[Al+3].[O-2].[Zr+4]. The average Bonchev–Trinajstić information content (AvgIpc) is 1.00. The van der Waals surface area contributed by atoms with Gasteiger partial charge in [-0.05, 0) is 0 Å². The standard InChI is InChI=1S/Al.OSi.O.Zr/c;1-2;;/q+3;+2;-2;+4. The second kappa shape index (κ2) is 53.7. The number of hydrogen-bond acceptors (Lipinski definition) is 1. The summed E-state index contributed by atoms with van der Waals surface area (Å²) in [4.78, 5) is 0. The van der Waals surface area contributed by atoms with E-state index in [0.29, 0.717) is 0 Å². The fourth-order valence-electron chi connectivity index (χ4n) is 0. The van der Waals surface area contributed by atoms with Gasteiger partial charge in [-0.3, -0.25) is 0 Å². The predicted octanol–water partition coefficient (Wildman–Crippen LogP) is -1.00. The Bertz CT molecular complexity index is 9.61. The average molecular weight is 178 g/mol. The van der Waals surface area contributed by atoms with E-state index < -0.39 is 0 Å². The van der Waals surface area contributed by atoms with Gasteiger partial charge in [0.05, 0.1) is 0 Å². The molecule has 0 spiro atoms. The first-order valence-corrected chi connectivity index (χ1v) is 0.612. The zero-order valence-corrected chi connectivity index (χ0v) is 7.01. The summed E-state index contributed by atoms with van der Waals surface area (Å²) in [5, 5.41) is 0. The van der Waals surface area contributed by atoms with Crippen molar-refractivity contribution >= 4 is 27.5 Å². The van der Waals surface area contributed by atoms with E-state index in [1.807, 2.05) is 0 Å². The topological polar surface area (TPSA) is 45.6 Å². The predicted molar refractivity (Wildman–Crippen MR) is 12.9 cm³/mol. The van der Waals surface area contributed by atoms with Gasteiger partial charge in [0.2, 0.25) is 0 Å². The molecule has 5 heteroatoms. The first kappa shape index (κ1) is 32.5. The fourth-order valence-corrected chi connectivity index (χ4v) is 0. The van der Waals surface area contributed by atoms with Gasteiger partial charge in [-0.25, -0.2) is 0 Å². The summed E-state index contributed by atoms with van der Waals surface area (Å²) < 4.78 is 8.06. The first-order valence-electron chi connectivity index (χ1n) is 0.204. The van der Waals surface area contributed by atoms with Crippen LogP contribution in [-0.2, 0) is 36.1 Å². The Kier molecular flexibility index (Phi) is 349. The largest absolute Gasteiger partial charge is 4.00 e. The molecule has 0 atom stereocenters. The molecule has 0 heterocycles. The van der Waals surface area contributed by atoms with E-state index in [1.165, 1.54) is 0 Å². The summed E-state index contributed by atoms with van der Waals surface area (Å²) in [6.45, 7) is 0. The van der Waals surface area contributed by atoms with Crippen LogP contribution in [0, 0.1) is 0 Å². The quantitative estimate of drug-likeness (QED) is 0.439. The van der Waals surface area contributed by atoms with Crippen molar-refractivity contribution in [2.45, 2.75) is 0 Å². The second-order valence-electron chi connectivity index (χ2n) is 0. The molecule has 0 unspecified atom stereocenters. The molecule has 0 aromatic carbocycles. The molecule has 0 fully saturated rings. The number of hydrogen-bond donors (Lipinski definition) is 0.